The number of hydrogen-bond acceptors (Lipinski definition) is 5. The Morgan fingerprint density at radius 2 is 2.05 bits per heavy atom. The molecule has 0 aliphatic rings. The molecule has 1 aromatic heterocycles. The van der Waals surface area contributed by atoms with Crippen LogP contribution >= 0.6 is 27.3 Å². The van der Waals surface area contributed by atoms with Crippen LogP contribution < -0.4 is 4.72 Å². The van der Waals surface area contributed by atoms with Crippen molar-refractivity contribution in [3.05, 3.63) is 14.7 Å². The number of hydrogen-bond donors (Lipinski definition) is 2. The Labute approximate surface area is 137 Å². The molecular formula is C12H19BrN2O4S2. The summed E-state index contributed by atoms with van der Waals surface area (Å²) in [6, 6.07) is 1.17. The maximum Gasteiger partial charge on any atom is 0.345 e. The number of aromatic carboxylic acids is 1. The number of carbonyl (C=O) groups is 1. The quantitative estimate of drug-likeness (QED) is 0.622. The van der Waals surface area contributed by atoms with Gasteiger partial charge >= 0.3 is 5.97 Å². The number of sulfonamides is 1. The number of halogens is 1. The molecule has 1 rings (SSSR count). The zero-order valence-corrected chi connectivity index (χ0v) is 15.1. The number of rotatable bonds is 9. The predicted octanol–water partition coefficient (Wildman–Crippen LogP) is 2.22. The normalized spacial score (nSPS) is 12.0. The van der Waals surface area contributed by atoms with Gasteiger partial charge in [0.1, 0.15) is 9.77 Å². The molecule has 0 radical (unpaired) electrons. The van der Waals surface area contributed by atoms with Crippen molar-refractivity contribution in [2.75, 3.05) is 26.2 Å². The van der Waals surface area contributed by atoms with E-state index >= 15 is 0 Å². The molecule has 0 unspecified atom stereocenters. The van der Waals surface area contributed by atoms with E-state index in [0.717, 1.165) is 31.0 Å². The lowest BCUT2D eigenvalue weighted by Crippen LogP contribution is -2.30. The van der Waals surface area contributed by atoms with Crippen molar-refractivity contribution in [2.24, 2.45) is 0 Å². The van der Waals surface area contributed by atoms with Gasteiger partial charge in [-0.1, -0.05) is 13.8 Å². The Morgan fingerprint density at radius 1 is 1.43 bits per heavy atom. The van der Waals surface area contributed by atoms with Crippen LogP contribution in [0.5, 0.6) is 0 Å². The molecule has 1 heterocycles. The van der Waals surface area contributed by atoms with Gasteiger partial charge in [-0.25, -0.2) is 17.9 Å². The second-order valence-electron chi connectivity index (χ2n) is 4.33. The zero-order chi connectivity index (χ0) is 16.0. The van der Waals surface area contributed by atoms with Crippen LogP contribution in [0.2, 0.25) is 0 Å². The van der Waals surface area contributed by atoms with E-state index in [1.807, 2.05) is 0 Å². The van der Waals surface area contributed by atoms with Gasteiger partial charge < -0.3 is 10.0 Å². The van der Waals surface area contributed by atoms with Crippen molar-refractivity contribution in [1.82, 2.24) is 9.62 Å². The minimum atomic E-state index is -3.68. The maximum absolute atomic E-state index is 12.1. The Kier molecular flexibility index (Phi) is 7.28. The van der Waals surface area contributed by atoms with Gasteiger partial charge in [0.05, 0.1) is 3.79 Å². The molecule has 0 fully saturated rings. The largest absolute Gasteiger partial charge is 0.477 e. The fourth-order valence-corrected chi connectivity index (χ4v) is 5.24. The molecule has 9 heteroatoms. The summed E-state index contributed by atoms with van der Waals surface area (Å²) in [5.74, 6) is -1.14. The van der Waals surface area contributed by atoms with Crippen molar-refractivity contribution in [2.45, 2.75) is 25.2 Å². The number of nitrogens with one attached hydrogen (secondary N) is 1. The number of carboxylic acids is 1. The van der Waals surface area contributed by atoms with Crippen molar-refractivity contribution < 1.29 is 18.3 Å². The highest BCUT2D eigenvalue weighted by atomic mass is 79.9. The van der Waals surface area contributed by atoms with Gasteiger partial charge in [0.15, 0.2) is 0 Å². The third-order valence-corrected chi connectivity index (χ3v) is 6.69. The third-order valence-electron chi connectivity index (χ3n) is 2.99. The molecule has 21 heavy (non-hydrogen) atoms. The fourth-order valence-electron chi connectivity index (χ4n) is 1.77. The Bertz CT molecular complexity index is 582. The molecule has 1 aromatic rings. The minimum Gasteiger partial charge on any atom is -0.477 e. The Balaban J connectivity index is 2.64. The van der Waals surface area contributed by atoms with E-state index < -0.39 is 16.0 Å². The molecule has 0 amide bonds. The van der Waals surface area contributed by atoms with E-state index in [4.69, 9.17) is 5.11 Å². The van der Waals surface area contributed by atoms with Crippen molar-refractivity contribution >= 4 is 43.3 Å². The first kappa shape index (κ1) is 18.6. The molecule has 0 saturated heterocycles. The van der Waals surface area contributed by atoms with Crippen LogP contribution in [0.4, 0.5) is 0 Å². The zero-order valence-electron chi connectivity index (χ0n) is 11.9. The molecule has 0 aliphatic heterocycles. The van der Waals surface area contributed by atoms with Crippen LogP contribution in [0.1, 0.15) is 29.9 Å². The number of thiophene rings is 1. The minimum absolute atomic E-state index is 0.00890. The van der Waals surface area contributed by atoms with Gasteiger partial charge in [-0.3, -0.25) is 0 Å². The molecule has 0 aliphatic carbocycles. The smallest absolute Gasteiger partial charge is 0.345 e. The monoisotopic (exact) mass is 398 g/mol. The molecule has 6 nitrogen and oxygen atoms in total. The van der Waals surface area contributed by atoms with Gasteiger partial charge in [0, 0.05) is 6.54 Å². The molecule has 0 saturated carbocycles. The van der Waals surface area contributed by atoms with E-state index in [-0.39, 0.29) is 9.77 Å². The lowest BCUT2D eigenvalue weighted by molar-refractivity contribution is 0.0702. The van der Waals surface area contributed by atoms with Crippen LogP contribution in [0, 0.1) is 0 Å². The first-order valence-corrected chi connectivity index (χ1v) is 9.65. The van der Waals surface area contributed by atoms with Gasteiger partial charge in [-0.05, 0) is 48.1 Å². The second kappa shape index (κ2) is 8.23. The van der Waals surface area contributed by atoms with Crippen LogP contribution in [-0.2, 0) is 10.0 Å². The summed E-state index contributed by atoms with van der Waals surface area (Å²) in [6.45, 7) is 7.12. The highest BCUT2D eigenvalue weighted by Crippen LogP contribution is 2.31. The fraction of sp³-hybridized carbons (Fsp3) is 0.583. The second-order valence-corrected chi connectivity index (χ2v) is 8.44. The molecule has 2 N–H and O–H groups in total. The molecule has 0 spiro atoms. The van der Waals surface area contributed by atoms with Gasteiger partial charge in [0.25, 0.3) is 0 Å². The molecule has 0 atom stereocenters. The van der Waals surface area contributed by atoms with Gasteiger partial charge in [0.2, 0.25) is 10.0 Å². The molecule has 0 aromatic carbocycles. The molecule has 120 valence electrons. The summed E-state index contributed by atoms with van der Waals surface area (Å²) in [5.41, 5.74) is 0. The predicted molar refractivity (Wildman–Crippen MR) is 86.6 cm³/mol. The standard InChI is InChI=1S/C12H19BrN2O4S2/c1-3-15(4-2)7-5-6-14-21(18,19)10-8-9(12(16)17)20-11(10)13/h8,14H,3-7H2,1-2H3,(H,16,17). The van der Waals surface area contributed by atoms with E-state index in [2.05, 4.69) is 39.4 Å². The van der Waals surface area contributed by atoms with E-state index in [1.165, 1.54) is 6.07 Å². The highest BCUT2D eigenvalue weighted by Gasteiger charge is 2.22. The maximum atomic E-state index is 12.1. The van der Waals surface area contributed by atoms with Crippen LogP contribution in [0.15, 0.2) is 14.7 Å². The first-order chi connectivity index (χ1) is 9.81. The van der Waals surface area contributed by atoms with E-state index in [0.29, 0.717) is 16.8 Å². The van der Waals surface area contributed by atoms with Crippen molar-refractivity contribution in [1.29, 1.82) is 0 Å². The summed E-state index contributed by atoms with van der Waals surface area (Å²) in [6.07, 6.45) is 0.703. The SMILES string of the molecule is CCN(CC)CCCNS(=O)(=O)c1cc(C(=O)O)sc1Br. The van der Waals surface area contributed by atoms with Crippen molar-refractivity contribution in [3.8, 4) is 0 Å². The average Bonchev–Trinajstić information content (AvgIpc) is 2.82. The highest BCUT2D eigenvalue weighted by molar-refractivity contribution is 9.11. The number of nitrogens with zero attached hydrogens (tertiary/aromatic N) is 1. The lowest BCUT2D eigenvalue weighted by atomic mass is 10.4. The van der Waals surface area contributed by atoms with Gasteiger partial charge in [-0.2, -0.15) is 0 Å². The molecule has 0 bridgehead atoms. The van der Waals surface area contributed by atoms with Gasteiger partial charge in [-0.15, -0.1) is 11.3 Å². The summed E-state index contributed by atoms with van der Waals surface area (Å²) < 4.78 is 27.1. The third kappa shape index (κ3) is 5.33. The van der Waals surface area contributed by atoms with Crippen LogP contribution in [-0.4, -0.2) is 50.6 Å². The summed E-state index contributed by atoms with van der Waals surface area (Å²) in [5, 5.41) is 8.89. The summed E-state index contributed by atoms with van der Waals surface area (Å²) in [7, 11) is -3.68. The van der Waals surface area contributed by atoms with Crippen molar-refractivity contribution in [3.63, 3.8) is 0 Å². The Morgan fingerprint density at radius 3 is 2.52 bits per heavy atom. The molecular weight excluding hydrogens is 380 g/mol. The summed E-state index contributed by atoms with van der Waals surface area (Å²) >= 11 is 3.99. The van der Waals surface area contributed by atoms with Crippen LogP contribution in [0.3, 0.4) is 0 Å². The number of carboxylic acid groups (broad SMARTS) is 1. The van der Waals surface area contributed by atoms with E-state index in [1.54, 1.807) is 0 Å². The topological polar surface area (TPSA) is 86.7 Å². The lowest BCUT2D eigenvalue weighted by Gasteiger charge is -2.17. The Hall–Kier alpha value is -0.480. The first-order valence-electron chi connectivity index (χ1n) is 6.56. The van der Waals surface area contributed by atoms with Crippen LogP contribution in [0.25, 0.3) is 0 Å². The average molecular weight is 399 g/mol. The van der Waals surface area contributed by atoms with E-state index in [9.17, 15) is 13.2 Å². The summed E-state index contributed by atoms with van der Waals surface area (Å²) in [4.78, 5) is 13.0.